The molecular formula is C13H18N4O5. The van der Waals surface area contributed by atoms with Crippen molar-refractivity contribution in [2.24, 2.45) is 0 Å². The van der Waals surface area contributed by atoms with E-state index in [0.29, 0.717) is 19.6 Å². The van der Waals surface area contributed by atoms with E-state index in [1.165, 1.54) is 0 Å². The topological polar surface area (TPSA) is 99.3 Å². The van der Waals surface area contributed by atoms with Crippen molar-refractivity contribution in [2.45, 2.75) is 25.4 Å². The third-order valence-corrected chi connectivity index (χ3v) is 4.21. The highest BCUT2D eigenvalue weighted by Crippen LogP contribution is 2.20. The first-order chi connectivity index (χ1) is 10.3. The molecule has 0 saturated carbocycles. The number of ether oxygens (including phenoxy) is 1. The predicted octanol–water partition coefficient (Wildman–Crippen LogP) is -1.02. The third-order valence-electron chi connectivity index (χ3n) is 4.21. The number of carbonyl (C=O) groups is 4. The maximum atomic E-state index is 12.3. The minimum absolute atomic E-state index is 0.148. The average molecular weight is 310 g/mol. The number of hydrogen-bond donors (Lipinski definition) is 1. The summed E-state index contributed by atoms with van der Waals surface area (Å²) in [6, 6.07) is -0.703. The molecule has 3 aliphatic rings. The van der Waals surface area contributed by atoms with Gasteiger partial charge in [0.15, 0.2) is 0 Å². The van der Waals surface area contributed by atoms with Crippen LogP contribution in [0.15, 0.2) is 0 Å². The molecule has 3 heterocycles. The predicted molar refractivity (Wildman–Crippen MR) is 72.7 cm³/mol. The molecule has 0 aromatic carbocycles. The van der Waals surface area contributed by atoms with E-state index in [1.807, 2.05) is 0 Å². The summed E-state index contributed by atoms with van der Waals surface area (Å²) < 4.78 is 4.94. The van der Waals surface area contributed by atoms with Crippen LogP contribution in [0.1, 0.15) is 13.8 Å². The number of cyclic esters (lactones) is 1. The Bertz CT molecular complexity index is 561. The summed E-state index contributed by atoms with van der Waals surface area (Å²) in [6.45, 7) is 4.31. The van der Waals surface area contributed by atoms with E-state index in [9.17, 15) is 19.2 Å². The third kappa shape index (κ3) is 2.26. The smallest absolute Gasteiger partial charge is 0.410 e. The van der Waals surface area contributed by atoms with Gasteiger partial charge in [-0.2, -0.15) is 0 Å². The molecule has 0 radical (unpaired) electrons. The number of rotatable bonds is 2. The Kier molecular flexibility index (Phi) is 3.22. The summed E-state index contributed by atoms with van der Waals surface area (Å²) in [6.07, 6.45) is -0.354. The van der Waals surface area contributed by atoms with E-state index in [1.54, 1.807) is 23.6 Å². The molecule has 9 nitrogen and oxygen atoms in total. The molecule has 0 spiro atoms. The van der Waals surface area contributed by atoms with Crippen molar-refractivity contribution in [3.8, 4) is 0 Å². The van der Waals surface area contributed by atoms with Crippen molar-refractivity contribution in [1.29, 1.82) is 0 Å². The SMILES string of the molecule is CC1(C)NC(=O)N(CC(=O)N2CCN3C(=O)OC[C@H]3C2)C1=O. The highest BCUT2D eigenvalue weighted by Gasteiger charge is 2.46. The van der Waals surface area contributed by atoms with Crippen molar-refractivity contribution in [3.63, 3.8) is 0 Å². The van der Waals surface area contributed by atoms with E-state index >= 15 is 0 Å². The molecule has 22 heavy (non-hydrogen) atoms. The largest absolute Gasteiger partial charge is 0.447 e. The molecule has 5 amide bonds. The van der Waals surface area contributed by atoms with Crippen LogP contribution in [0.4, 0.5) is 9.59 Å². The second kappa shape index (κ2) is 4.85. The number of imide groups is 1. The van der Waals surface area contributed by atoms with E-state index in [2.05, 4.69) is 5.32 Å². The van der Waals surface area contributed by atoms with Crippen LogP contribution in [0.5, 0.6) is 0 Å². The first-order valence-electron chi connectivity index (χ1n) is 7.15. The number of hydrogen-bond acceptors (Lipinski definition) is 5. The molecule has 0 aromatic heterocycles. The molecule has 3 rings (SSSR count). The van der Waals surface area contributed by atoms with Crippen LogP contribution in [-0.2, 0) is 14.3 Å². The average Bonchev–Trinajstić information content (AvgIpc) is 2.91. The van der Waals surface area contributed by atoms with Gasteiger partial charge in [0.2, 0.25) is 5.91 Å². The zero-order valence-corrected chi connectivity index (χ0v) is 12.5. The lowest BCUT2D eigenvalue weighted by Gasteiger charge is -2.35. The van der Waals surface area contributed by atoms with Gasteiger partial charge in [-0.1, -0.05) is 0 Å². The normalized spacial score (nSPS) is 26.9. The van der Waals surface area contributed by atoms with Gasteiger partial charge in [0.1, 0.15) is 18.7 Å². The van der Waals surface area contributed by atoms with E-state index < -0.39 is 17.5 Å². The fraction of sp³-hybridized carbons (Fsp3) is 0.692. The van der Waals surface area contributed by atoms with Crippen molar-refractivity contribution < 1.29 is 23.9 Å². The Balaban J connectivity index is 1.62. The van der Waals surface area contributed by atoms with Gasteiger partial charge in [-0.25, -0.2) is 9.59 Å². The van der Waals surface area contributed by atoms with Crippen LogP contribution < -0.4 is 5.32 Å². The van der Waals surface area contributed by atoms with Gasteiger partial charge in [-0.15, -0.1) is 0 Å². The van der Waals surface area contributed by atoms with Crippen LogP contribution in [0.25, 0.3) is 0 Å². The van der Waals surface area contributed by atoms with Gasteiger partial charge in [0.05, 0.1) is 6.04 Å². The Morgan fingerprint density at radius 1 is 1.32 bits per heavy atom. The molecular weight excluding hydrogens is 292 g/mol. The van der Waals surface area contributed by atoms with Crippen molar-refractivity contribution in [3.05, 3.63) is 0 Å². The summed E-state index contributed by atoms with van der Waals surface area (Å²) in [5, 5.41) is 2.54. The van der Waals surface area contributed by atoms with Gasteiger partial charge in [-0.3, -0.25) is 19.4 Å². The molecule has 1 atom stereocenters. The molecule has 0 aromatic rings. The standard InChI is InChI=1S/C13H18N4O5/c1-13(2)10(19)17(11(20)14-13)6-9(18)15-3-4-16-8(5-15)7-22-12(16)21/h8H,3-7H2,1-2H3,(H,14,20)/t8-/m1/s1. The lowest BCUT2D eigenvalue weighted by atomic mass is 10.1. The highest BCUT2D eigenvalue weighted by atomic mass is 16.6. The summed E-state index contributed by atoms with van der Waals surface area (Å²) in [7, 11) is 0. The van der Waals surface area contributed by atoms with Gasteiger partial charge in [-0.05, 0) is 13.8 Å². The van der Waals surface area contributed by atoms with E-state index in [0.717, 1.165) is 4.90 Å². The number of carbonyl (C=O) groups excluding carboxylic acids is 4. The van der Waals surface area contributed by atoms with Gasteiger partial charge in [0, 0.05) is 19.6 Å². The fourth-order valence-electron chi connectivity index (χ4n) is 2.91. The Labute approximate surface area is 127 Å². The maximum Gasteiger partial charge on any atom is 0.410 e. The number of piperazine rings is 1. The molecule has 120 valence electrons. The zero-order valence-electron chi connectivity index (χ0n) is 12.5. The quantitative estimate of drug-likeness (QED) is 0.658. The molecule has 1 N–H and O–H groups in total. The van der Waals surface area contributed by atoms with Gasteiger partial charge < -0.3 is 15.0 Å². The van der Waals surface area contributed by atoms with Crippen molar-refractivity contribution in [1.82, 2.24) is 20.0 Å². The molecule has 0 bridgehead atoms. The summed E-state index contributed by atoms with van der Waals surface area (Å²) in [5.41, 5.74) is -0.984. The monoisotopic (exact) mass is 310 g/mol. The Morgan fingerprint density at radius 3 is 2.68 bits per heavy atom. The molecule has 3 aliphatic heterocycles. The Morgan fingerprint density at radius 2 is 2.05 bits per heavy atom. The lowest BCUT2D eigenvalue weighted by molar-refractivity contribution is -0.139. The maximum absolute atomic E-state index is 12.3. The molecule has 0 unspecified atom stereocenters. The molecule has 3 saturated heterocycles. The second-order valence-corrected chi connectivity index (χ2v) is 6.21. The number of fused-ring (bicyclic) bond motifs is 1. The highest BCUT2D eigenvalue weighted by molar-refractivity contribution is 6.08. The minimum atomic E-state index is -0.984. The van der Waals surface area contributed by atoms with Crippen molar-refractivity contribution in [2.75, 3.05) is 32.8 Å². The summed E-state index contributed by atoms with van der Waals surface area (Å²) >= 11 is 0. The number of urea groups is 1. The van der Waals surface area contributed by atoms with Gasteiger partial charge >= 0.3 is 12.1 Å². The number of nitrogens with zero attached hydrogens (tertiary/aromatic N) is 3. The number of amides is 5. The second-order valence-electron chi connectivity index (χ2n) is 6.21. The van der Waals surface area contributed by atoms with Crippen LogP contribution in [0.3, 0.4) is 0 Å². The first kappa shape index (κ1) is 14.6. The molecule has 0 aliphatic carbocycles. The summed E-state index contributed by atoms with van der Waals surface area (Å²) in [4.78, 5) is 51.7. The first-order valence-corrected chi connectivity index (χ1v) is 7.15. The van der Waals surface area contributed by atoms with Crippen molar-refractivity contribution >= 4 is 23.9 Å². The lowest BCUT2D eigenvalue weighted by Crippen LogP contribution is -2.55. The van der Waals surface area contributed by atoms with Crippen LogP contribution in [0.2, 0.25) is 0 Å². The number of nitrogens with one attached hydrogen (secondary N) is 1. The minimum Gasteiger partial charge on any atom is -0.447 e. The van der Waals surface area contributed by atoms with E-state index in [-0.39, 0.29) is 31.2 Å². The van der Waals surface area contributed by atoms with E-state index in [4.69, 9.17) is 4.74 Å². The van der Waals surface area contributed by atoms with Crippen LogP contribution in [-0.4, -0.2) is 83.0 Å². The zero-order chi connectivity index (χ0) is 16.1. The molecule has 3 fully saturated rings. The Hall–Kier alpha value is -2.32. The van der Waals surface area contributed by atoms with Gasteiger partial charge in [0.25, 0.3) is 5.91 Å². The van der Waals surface area contributed by atoms with Crippen LogP contribution in [0, 0.1) is 0 Å². The molecule has 9 heteroatoms. The van der Waals surface area contributed by atoms with Crippen LogP contribution >= 0.6 is 0 Å². The fourth-order valence-corrected chi connectivity index (χ4v) is 2.91. The summed E-state index contributed by atoms with van der Waals surface area (Å²) in [5.74, 6) is -0.718.